The highest BCUT2D eigenvalue weighted by atomic mass is 16.5. The SMILES string of the molecule is CC(C)NC(C#N)CCOCC1CCCC1. The van der Waals surface area contributed by atoms with Crippen LogP contribution in [0.5, 0.6) is 0 Å². The number of nitrogens with zero attached hydrogens (tertiary/aromatic N) is 1. The van der Waals surface area contributed by atoms with Crippen molar-refractivity contribution in [1.82, 2.24) is 5.32 Å². The maximum Gasteiger partial charge on any atom is 0.0976 e. The molecule has 3 heteroatoms. The van der Waals surface area contributed by atoms with Crippen LogP contribution in [0, 0.1) is 17.2 Å². The van der Waals surface area contributed by atoms with Crippen LogP contribution in [0.15, 0.2) is 0 Å². The van der Waals surface area contributed by atoms with Crippen molar-refractivity contribution in [3.05, 3.63) is 0 Å². The number of nitriles is 1. The molecule has 0 aromatic rings. The third-order valence-corrected chi connectivity index (χ3v) is 3.07. The van der Waals surface area contributed by atoms with Crippen LogP contribution in [0.25, 0.3) is 0 Å². The lowest BCUT2D eigenvalue weighted by Gasteiger charge is -2.15. The Kier molecular flexibility index (Phi) is 6.44. The Morgan fingerprint density at radius 2 is 2.06 bits per heavy atom. The summed E-state index contributed by atoms with van der Waals surface area (Å²) in [6, 6.07) is 2.57. The molecule has 0 aromatic heterocycles. The summed E-state index contributed by atoms with van der Waals surface area (Å²) in [5.41, 5.74) is 0. The van der Waals surface area contributed by atoms with E-state index in [1.165, 1.54) is 25.7 Å². The van der Waals surface area contributed by atoms with Crippen molar-refractivity contribution in [3.63, 3.8) is 0 Å². The van der Waals surface area contributed by atoms with Gasteiger partial charge in [-0.05, 0) is 39.0 Å². The minimum atomic E-state index is -0.0661. The fourth-order valence-corrected chi connectivity index (χ4v) is 2.22. The largest absolute Gasteiger partial charge is 0.381 e. The van der Waals surface area contributed by atoms with Crippen LogP contribution in [-0.4, -0.2) is 25.3 Å². The van der Waals surface area contributed by atoms with E-state index in [2.05, 4.69) is 25.2 Å². The Balaban J connectivity index is 2.02. The van der Waals surface area contributed by atoms with E-state index in [1.54, 1.807) is 0 Å². The zero-order chi connectivity index (χ0) is 11.8. The molecule has 0 aromatic carbocycles. The van der Waals surface area contributed by atoms with Gasteiger partial charge in [0.05, 0.1) is 12.1 Å². The van der Waals surface area contributed by atoms with Crippen LogP contribution < -0.4 is 5.32 Å². The van der Waals surface area contributed by atoms with E-state index in [0.717, 1.165) is 18.9 Å². The predicted molar refractivity (Wildman–Crippen MR) is 65.1 cm³/mol. The first kappa shape index (κ1) is 13.5. The lowest BCUT2D eigenvalue weighted by atomic mass is 10.1. The van der Waals surface area contributed by atoms with Crippen molar-refractivity contribution in [2.75, 3.05) is 13.2 Å². The summed E-state index contributed by atoms with van der Waals surface area (Å²) in [4.78, 5) is 0. The molecule has 0 amide bonds. The first-order chi connectivity index (χ1) is 7.72. The van der Waals surface area contributed by atoms with Gasteiger partial charge in [0, 0.05) is 19.3 Å². The van der Waals surface area contributed by atoms with Crippen LogP contribution in [0.1, 0.15) is 46.0 Å². The van der Waals surface area contributed by atoms with E-state index in [4.69, 9.17) is 10.00 Å². The fraction of sp³-hybridized carbons (Fsp3) is 0.923. The summed E-state index contributed by atoms with van der Waals surface area (Å²) in [7, 11) is 0. The molecular formula is C13H24N2O. The third-order valence-electron chi connectivity index (χ3n) is 3.07. The minimum Gasteiger partial charge on any atom is -0.381 e. The fourth-order valence-electron chi connectivity index (χ4n) is 2.22. The molecule has 1 N–H and O–H groups in total. The molecule has 0 saturated heterocycles. The van der Waals surface area contributed by atoms with Gasteiger partial charge in [0.1, 0.15) is 0 Å². The summed E-state index contributed by atoms with van der Waals surface area (Å²) in [5, 5.41) is 12.1. The Labute approximate surface area is 99.2 Å². The molecule has 1 unspecified atom stereocenters. The summed E-state index contributed by atoms with van der Waals surface area (Å²) < 4.78 is 5.64. The predicted octanol–water partition coefficient (Wildman–Crippen LogP) is 2.47. The highest BCUT2D eigenvalue weighted by Gasteiger charge is 2.15. The second kappa shape index (κ2) is 7.65. The number of nitrogens with one attached hydrogen (secondary N) is 1. The maximum atomic E-state index is 8.92. The van der Waals surface area contributed by atoms with Gasteiger partial charge in [0.15, 0.2) is 0 Å². The third kappa shape index (κ3) is 5.48. The topological polar surface area (TPSA) is 45.0 Å². The molecule has 0 radical (unpaired) electrons. The van der Waals surface area contributed by atoms with Crippen molar-refractivity contribution in [2.24, 2.45) is 5.92 Å². The summed E-state index contributed by atoms with van der Waals surface area (Å²) >= 11 is 0. The molecule has 1 aliphatic rings. The zero-order valence-electron chi connectivity index (χ0n) is 10.5. The quantitative estimate of drug-likeness (QED) is 0.676. The molecule has 1 aliphatic carbocycles. The van der Waals surface area contributed by atoms with Gasteiger partial charge in [-0.3, -0.25) is 5.32 Å². The smallest absolute Gasteiger partial charge is 0.0976 e. The average Bonchev–Trinajstić information content (AvgIpc) is 2.74. The van der Waals surface area contributed by atoms with Crippen molar-refractivity contribution in [3.8, 4) is 6.07 Å². The van der Waals surface area contributed by atoms with Crippen molar-refractivity contribution < 1.29 is 4.74 Å². The molecule has 0 aliphatic heterocycles. The molecule has 1 saturated carbocycles. The van der Waals surface area contributed by atoms with E-state index in [0.29, 0.717) is 12.6 Å². The van der Waals surface area contributed by atoms with E-state index in [9.17, 15) is 0 Å². The molecule has 1 atom stereocenters. The average molecular weight is 224 g/mol. The maximum absolute atomic E-state index is 8.92. The van der Waals surface area contributed by atoms with Crippen LogP contribution in [0.2, 0.25) is 0 Å². The number of rotatable bonds is 7. The van der Waals surface area contributed by atoms with Gasteiger partial charge < -0.3 is 4.74 Å². The lowest BCUT2D eigenvalue weighted by molar-refractivity contribution is 0.0959. The Morgan fingerprint density at radius 1 is 1.38 bits per heavy atom. The highest BCUT2D eigenvalue weighted by Crippen LogP contribution is 2.24. The number of hydrogen-bond donors (Lipinski definition) is 1. The van der Waals surface area contributed by atoms with Gasteiger partial charge in [0.25, 0.3) is 0 Å². The van der Waals surface area contributed by atoms with Gasteiger partial charge in [-0.15, -0.1) is 0 Å². The van der Waals surface area contributed by atoms with E-state index in [1.807, 2.05) is 0 Å². The van der Waals surface area contributed by atoms with Gasteiger partial charge in [-0.2, -0.15) is 5.26 Å². The normalized spacial score (nSPS) is 18.9. The van der Waals surface area contributed by atoms with Crippen molar-refractivity contribution in [2.45, 2.75) is 58.0 Å². The summed E-state index contributed by atoms with van der Waals surface area (Å²) in [6.45, 7) is 5.71. The monoisotopic (exact) mass is 224 g/mol. The molecule has 0 heterocycles. The Hall–Kier alpha value is -0.590. The molecule has 92 valence electrons. The Morgan fingerprint density at radius 3 is 2.62 bits per heavy atom. The summed E-state index contributed by atoms with van der Waals surface area (Å²) in [5.74, 6) is 0.776. The summed E-state index contributed by atoms with van der Waals surface area (Å²) in [6.07, 6.45) is 6.17. The van der Waals surface area contributed by atoms with E-state index < -0.39 is 0 Å². The molecule has 0 bridgehead atoms. The van der Waals surface area contributed by atoms with Crippen molar-refractivity contribution >= 4 is 0 Å². The second-order valence-corrected chi connectivity index (χ2v) is 5.02. The van der Waals surface area contributed by atoms with Crippen LogP contribution >= 0.6 is 0 Å². The lowest BCUT2D eigenvalue weighted by Crippen LogP contribution is -2.34. The van der Waals surface area contributed by atoms with E-state index in [-0.39, 0.29) is 6.04 Å². The van der Waals surface area contributed by atoms with Gasteiger partial charge in [-0.25, -0.2) is 0 Å². The molecular weight excluding hydrogens is 200 g/mol. The highest BCUT2D eigenvalue weighted by molar-refractivity contribution is 4.90. The molecule has 1 rings (SSSR count). The Bertz CT molecular complexity index is 216. The van der Waals surface area contributed by atoms with E-state index >= 15 is 0 Å². The standard InChI is InChI=1S/C13H24N2O/c1-11(2)15-13(9-14)7-8-16-10-12-5-3-4-6-12/h11-13,15H,3-8,10H2,1-2H3. The first-order valence-electron chi connectivity index (χ1n) is 6.45. The number of hydrogen-bond acceptors (Lipinski definition) is 3. The number of ether oxygens (including phenoxy) is 1. The molecule has 1 fully saturated rings. The minimum absolute atomic E-state index is 0.0661. The van der Waals surface area contributed by atoms with Crippen LogP contribution in [0.3, 0.4) is 0 Å². The van der Waals surface area contributed by atoms with Gasteiger partial charge >= 0.3 is 0 Å². The van der Waals surface area contributed by atoms with Gasteiger partial charge in [-0.1, -0.05) is 12.8 Å². The molecule has 16 heavy (non-hydrogen) atoms. The molecule has 3 nitrogen and oxygen atoms in total. The van der Waals surface area contributed by atoms with Crippen molar-refractivity contribution in [1.29, 1.82) is 5.26 Å². The zero-order valence-corrected chi connectivity index (χ0v) is 10.5. The van der Waals surface area contributed by atoms with Crippen LogP contribution in [-0.2, 0) is 4.74 Å². The van der Waals surface area contributed by atoms with Gasteiger partial charge in [0.2, 0.25) is 0 Å². The molecule has 0 spiro atoms. The second-order valence-electron chi connectivity index (χ2n) is 5.02. The first-order valence-corrected chi connectivity index (χ1v) is 6.45. The van der Waals surface area contributed by atoms with Crippen LogP contribution in [0.4, 0.5) is 0 Å².